The van der Waals surface area contributed by atoms with Crippen LogP contribution in [0.15, 0.2) is 0 Å². The molecule has 0 spiro atoms. The highest BCUT2D eigenvalue weighted by molar-refractivity contribution is 7.17. The monoisotopic (exact) mass is 298 g/mol. The fourth-order valence-electron chi connectivity index (χ4n) is 1.95. The van der Waals surface area contributed by atoms with Crippen molar-refractivity contribution >= 4 is 28.2 Å². The first-order valence-corrected chi connectivity index (χ1v) is 7.44. The van der Waals surface area contributed by atoms with Crippen LogP contribution in [0.1, 0.15) is 40.4 Å². The van der Waals surface area contributed by atoms with Gasteiger partial charge in [-0.15, -0.1) is 0 Å². The molecule has 1 unspecified atom stereocenters. The van der Waals surface area contributed by atoms with E-state index in [9.17, 15) is 9.59 Å². The van der Waals surface area contributed by atoms with E-state index in [0.29, 0.717) is 15.9 Å². The van der Waals surface area contributed by atoms with E-state index in [1.807, 2.05) is 0 Å². The third kappa shape index (κ3) is 3.55. The summed E-state index contributed by atoms with van der Waals surface area (Å²) in [6.45, 7) is 5.66. The molecule has 2 rings (SSSR count). The van der Waals surface area contributed by atoms with Gasteiger partial charge in [-0.3, -0.25) is 4.79 Å². The first-order valence-electron chi connectivity index (χ1n) is 6.62. The Balaban J connectivity index is 2.07. The van der Waals surface area contributed by atoms with E-state index in [4.69, 9.17) is 9.47 Å². The molecule has 1 aromatic rings. The van der Waals surface area contributed by atoms with Crippen molar-refractivity contribution in [1.82, 2.24) is 4.98 Å². The molecular weight excluding hydrogens is 280 g/mol. The van der Waals surface area contributed by atoms with E-state index < -0.39 is 5.97 Å². The number of thiazole rings is 1. The van der Waals surface area contributed by atoms with Gasteiger partial charge in [0, 0.05) is 26.0 Å². The number of aromatic nitrogens is 1. The highest BCUT2D eigenvalue weighted by Crippen LogP contribution is 2.25. The number of hydrogen-bond donors (Lipinski definition) is 1. The minimum absolute atomic E-state index is 0.106. The fourth-order valence-corrected chi connectivity index (χ4v) is 2.80. The van der Waals surface area contributed by atoms with Crippen LogP contribution in [-0.4, -0.2) is 43.1 Å². The molecule has 1 aliphatic heterocycles. The van der Waals surface area contributed by atoms with Crippen LogP contribution in [-0.2, 0) is 9.47 Å². The van der Waals surface area contributed by atoms with Crippen LogP contribution < -0.4 is 5.32 Å². The molecule has 1 N–H and O–H groups in total. The third-order valence-electron chi connectivity index (χ3n) is 2.98. The van der Waals surface area contributed by atoms with Crippen molar-refractivity contribution in [3.05, 3.63) is 10.6 Å². The molecule has 1 atom stereocenters. The Bertz CT molecular complexity index is 495. The van der Waals surface area contributed by atoms with Crippen molar-refractivity contribution < 1.29 is 19.1 Å². The molecule has 20 heavy (non-hydrogen) atoms. The van der Waals surface area contributed by atoms with Crippen LogP contribution in [0.5, 0.6) is 0 Å². The first kappa shape index (κ1) is 14.9. The van der Waals surface area contributed by atoms with Crippen molar-refractivity contribution in [1.29, 1.82) is 0 Å². The average Bonchev–Trinajstić information content (AvgIpc) is 3.06. The summed E-state index contributed by atoms with van der Waals surface area (Å²) in [5, 5.41) is 3.74. The zero-order valence-corrected chi connectivity index (χ0v) is 12.4. The van der Waals surface area contributed by atoms with Gasteiger partial charge in [-0.2, -0.15) is 0 Å². The minimum Gasteiger partial charge on any atom is -0.461 e. The number of Topliss-reactive ketones (excluding diaryl/α,β-unsaturated/α-hetero) is 1. The van der Waals surface area contributed by atoms with Gasteiger partial charge in [0.1, 0.15) is 4.88 Å². The van der Waals surface area contributed by atoms with Crippen molar-refractivity contribution in [2.75, 3.05) is 31.7 Å². The lowest BCUT2D eigenvalue weighted by molar-refractivity contribution is 0.0517. The molecule has 1 aliphatic rings. The Kier molecular flexibility index (Phi) is 5.08. The van der Waals surface area contributed by atoms with E-state index in [1.54, 1.807) is 6.92 Å². The number of ketones is 1. The van der Waals surface area contributed by atoms with Crippen molar-refractivity contribution in [2.24, 2.45) is 5.92 Å². The highest BCUT2D eigenvalue weighted by Gasteiger charge is 2.23. The van der Waals surface area contributed by atoms with Gasteiger partial charge < -0.3 is 14.8 Å². The molecule has 1 fully saturated rings. The smallest absolute Gasteiger partial charge is 0.358 e. The second kappa shape index (κ2) is 6.81. The van der Waals surface area contributed by atoms with Gasteiger partial charge in [-0.1, -0.05) is 11.3 Å². The van der Waals surface area contributed by atoms with E-state index in [0.717, 1.165) is 26.2 Å². The molecule has 1 aromatic heterocycles. The zero-order valence-electron chi connectivity index (χ0n) is 11.6. The number of carbonyl (C=O) groups is 2. The van der Waals surface area contributed by atoms with Gasteiger partial charge in [0.05, 0.1) is 13.2 Å². The summed E-state index contributed by atoms with van der Waals surface area (Å²) in [5.41, 5.74) is 0.106. The summed E-state index contributed by atoms with van der Waals surface area (Å²) < 4.78 is 10.2. The predicted molar refractivity (Wildman–Crippen MR) is 75.5 cm³/mol. The van der Waals surface area contributed by atoms with Crippen LogP contribution in [0.3, 0.4) is 0 Å². The van der Waals surface area contributed by atoms with Crippen LogP contribution in [0.4, 0.5) is 5.13 Å². The molecule has 0 aliphatic carbocycles. The lowest BCUT2D eigenvalue weighted by Gasteiger charge is -2.07. The summed E-state index contributed by atoms with van der Waals surface area (Å²) in [5.74, 6) is -0.278. The largest absolute Gasteiger partial charge is 0.461 e. The molecular formula is C13H18N2O4S. The standard InChI is InChI=1S/C13H18N2O4S/c1-3-19-12(17)10-11(8(2)16)20-13(15-10)14-6-9-4-5-18-7-9/h9H,3-7H2,1-2H3,(H,14,15). The molecule has 7 heteroatoms. The molecule has 0 aromatic carbocycles. The van der Waals surface area contributed by atoms with Gasteiger partial charge in [0.15, 0.2) is 16.6 Å². The number of ether oxygens (including phenoxy) is 2. The highest BCUT2D eigenvalue weighted by atomic mass is 32.1. The van der Waals surface area contributed by atoms with E-state index in [1.165, 1.54) is 18.3 Å². The van der Waals surface area contributed by atoms with Crippen LogP contribution >= 0.6 is 11.3 Å². The quantitative estimate of drug-likeness (QED) is 0.639. The van der Waals surface area contributed by atoms with Crippen molar-refractivity contribution in [2.45, 2.75) is 20.3 Å². The Morgan fingerprint density at radius 1 is 1.55 bits per heavy atom. The van der Waals surface area contributed by atoms with Gasteiger partial charge in [-0.25, -0.2) is 9.78 Å². The maximum absolute atomic E-state index is 11.8. The third-order valence-corrected chi connectivity index (χ3v) is 4.10. The number of carbonyl (C=O) groups excluding carboxylic acids is 2. The second-order valence-corrected chi connectivity index (χ2v) is 5.58. The SMILES string of the molecule is CCOC(=O)c1nc(NCC2CCOC2)sc1C(C)=O. The van der Waals surface area contributed by atoms with Gasteiger partial charge >= 0.3 is 5.97 Å². The lowest BCUT2D eigenvalue weighted by atomic mass is 10.1. The topological polar surface area (TPSA) is 77.5 Å². The number of hydrogen-bond acceptors (Lipinski definition) is 7. The van der Waals surface area contributed by atoms with Crippen molar-refractivity contribution in [3.63, 3.8) is 0 Å². The van der Waals surface area contributed by atoms with Crippen LogP contribution in [0.2, 0.25) is 0 Å². The minimum atomic E-state index is -0.550. The van der Waals surface area contributed by atoms with Crippen LogP contribution in [0.25, 0.3) is 0 Å². The molecule has 0 amide bonds. The molecule has 2 heterocycles. The number of esters is 1. The summed E-state index contributed by atoms with van der Waals surface area (Å²) in [7, 11) is 0. The van der Waals surface area contributed by atoms with Crippen molar-refractivity contribution in [3.8, 4) is 0 Å². The summed E-state index contributed by atoms with van der Waals surface area (Å²) in [6, 6.07) is 0. The fraction of sp³-hybridized carbons (Fsp3) is 0.615. The Morgan fingerprint density at radius 2 is 2.35 bits per heavy atom. The number of nitrogens with one attached hydrogen (secondary N) is 1. The predicted octanol–water partition coefficient (Wildman–Crippen LogP) is 1.97. The lowest BCUT2D eigenvalue weighted by Crippen LogP contribution is -2.14. The molecule has 1 saturated heterocycles. The molecule has 0 bridgehead atoms. The van der Waals surface area contributed by atoms with E-state index >= 15 is 0 Å². The number of nitrogens with zero attached hydrogens (tertiary/aromatic N) is 1. The zero-order chi connectivity index (χ0) is 14.5. The molecule has 110 valence electrons. The molecule has 0 saturated carbocycles. The Hall–Kier alpha value is -1.47. The Morgan fingerprint density at radius 3 is 2.95 bits per heavy atom. The molecule has 0 radical (unpaired) electrons. The van der Waals surface area contributed by atoms with Gasteiger partial charge in [-0.05, 0) is 13.3 Å². The van der Waals surface area contributed by atoms with E-state index in [-0.39, 0.29) is 18.1 Å². The number of rotatable bonds is 6. The second-order valence-electron chi connectivity index (χ2n) is 4.58. The van der Waals surface area contributed by atoms with Gasteiger partial charge in [0.2, 0.25) is 0 Å². The van der Waals surface area contributed by atoms with Gasteiger partial charge in [0.25, 0.3) is 0 Å². The maximum atomic E-state index is 11.8. The normalized spacial score (nSPS) is 18.0. The first-order chi connectivity index (χ1) is 9.61. The summed E-state index contributed by atoms with van der Waals surface area (Å²) in [6.07, 6.45) is 1.02. The average molecular weight is 298 g/mol. The maximum Gasteiger partial charge on any atom is 0.358 e. The summed E-state index contributed by atoms with van der Waals surface area (Å²) >= 11 is 1.19. The number of anilines is 1. The van der Waals surface area contributed by atoms with E-state index in [2.05, 4.69) is 10.3 Å². The van der Waals surface area contributed by atoms with Crippen LogP contribution in [0, 0.1) is 5.92 Å². The summed E-state index contributed by atoms with van der Waals surface area (Å²) in [4.78, 5) is 27.9. The molecule has 6 nitrogen and oxygen atoms in total. The Labute approximate surface area is 121 Å².